The molecule has 0 unspecified atom stereocenters. The highest BCUT2D eigenvalue weighted by Gasteiger charge is 2.19. The molecule has 34 heavy (non-hydrogen) atoms. The number of nitrogens with zero attached hydrogens (tertiary/aromatic N) is 7. The predicted octanol–water partition coefficient (Wildman–Crippen LogP) is 3.37. The highest BCUT2D eigenvalue weighted by Crippen LogP contribution is 2.30. The predicted molar refractivity (Wildman–Crippen MR) is 127 cm³/mol. The first-order chi connectivity index (χ1) is 16.6. The minimum absolute atomic E-state index is 0.0258. The van der Waals surface area contributed by atoms with Gasteiger partial charge in [-0.15, -0.1) is 0 Å². The van der Waals surface area contributed by atoms with Crippen LogP contribution in [-0.2, 0) is 6.42 Å². The number of imidazole rings is 1. The van der Waals surface area contributed by atoms with Gasteiger partial charge < -0.3 is 10.4 Å². The number of nitriles is 1. The summed E-state index contributed by atoms with van der Waals surface area (Å²) in [5.41, 5.74) is 6.46. The molecule has 0 atom stereocenters. The Kier molecular flexibility index (Phi) is 5.45. The molecule has 10 heteroatoms. The Morgan fingerprint density at radius 2 is 2.00 bits per heavy atom. The van der Waals surface area contributed by atoms with Gasteiger partial charge in [0.2, 0.25) is 0 Å². The minimum Gasteiger partial charge on any atom is -0.396 e. The van der Waals surface area contributed by atoms with Crippen LogP contribution in [0.25, 0.3) is 28.1 Å². The fourth-order valence-corrected chi connectivity index (χ4v) is 3.83. The van der Waals surface area contributed by atoms with Gasteiger partial charge in [-0.2, -0.15) is 10.4 Å². The average Bonchev–Trinajstić information content (AvgIpc) is 3.44. The Bertz CT molecular complexity index is 1530. The number of H-pyrrole nitrogens is 1. The summed E-state index contributed by atoms with van der Waals surface area (Å²) in [6.07, 6.45) is 5.52. The number of aliphatic hydroxyl groups is 1. The maximum Gasteiger partial charge on any atom is 0.171 e. The fraction of sp³-hybridized carbons (Fsp3) is 0.167. The molecule has 0 aliphatic heterocycles. The van der Waals surface area contributed by atoms with Crippen LogP contribution in [0.1, 0.15) is 22.6 Å². The van der Waals surface area contributed by atoms with Crippen molar-refractivity contribution in [1.82, 2.24) is 34.7 Å². The quantitative estimate of drug-likeness (QED) is 0.357. The maximum absolute atomic E-state index is 9.53. The van der Waals surface area contributed by atoms with E-state index >= 15 is 0 Å². The van der Waals surface area contributed by atoms with E-state index in [9.17, 15) is 10.4 Å². The molecule has 1 aromatic carbocycles. The normalized spacial score (nSPS) is 11.0. The molecule has 0 saturated carbocycles. The molecular weight excluding hydrogens is 430 g/mol. The Labute approximate surface area is 195 Å². The molecule has 4 aromatic heterocycles. The lowest BCUT2D eigenvalue weighted by atomic mass is 10.0. The third-order valence-corrected chi connectivity index (χ3v) is 5.48. The second-order valence-electron chi connectivity index (χ2n) is 7.82. The number of aromatic amines is 1. The molecule has 0 radical (unpaired) electrons. The Hall–Kier alpha value is -4.62. The lowest BCUT2D eigenvalue weighted by molar-refractivity contribution is 0.299. The second-order valence-corrected chi connectivity index (χ2v) is 7.82. The largest absolute Gasteiger partial charge is 0.396 e. The van der Waals surface area contributed by atoms with Crippen molar-refractivity contribution in [2.45, 2.75) is 20.3 Å². The van der Waals surface area contributed by atoms with E-state index in [-0.39, 0.29) is 12.3 Å². The van der Waals surface area contributed by atoms with Gasteiger partial charge >= 0.3 is 0 Å². The summed E-state index contributed by atoms with van der Waals surface area (Å²) in [6.45, 7) is 3.71. The van der Waals surface area contributed by atoms with E-state index in [1.54, 1.807) is 18.7 Å². The lowest BCUT2D eigenvalue weighted by Gasteiger charge is -2.12. The standard InChI is InChI=1S/C24H21N9O/c1-14-11-27-21(12-26-14)29-17-4-5-20-18(9-17)28-13-33(20)22-6-3-16(7-8-34)24(30-22)23-15(2)31-32-19(23)10-25/h3-6,9,11-13,34H,7-8H2,1-2H3,(H,27,29)(H,31,32). The molecule has 0 aliphatic rings. The summed E-state index contributed by atoms with van der Waals surface area (Å²) in [7, 11) is 0. The first-order valence-electron chi connectivity index (χ1n) is 10.7. The Balaban J connectivity index is 1.55. The molecule has 0 aliphatic carbocycles. The van der Waals surface area contributed by atoms with E-state index < -0.39 is 0 Å². The highest BCUT2D eigenvalue weighted by molar-refractivity contribution is 5.82. The summed E-state index contributed by atoms with van der Waals surface area (Å²) >= 11 is 0. The topological polar surface area (TPSA) is 141 Å². The molecule has 0 spiro atoms. The van der Waals surface area contributed by atoms with Gasteiger partial charge in [-0.3, -0.25) is 14.6 Å². The summed E-state index contributed by atoms with van der Waals surface area (Å²) in [4.78, 5) is 18.0. The van der Waals surface area contributed by atoms with Gasteiger partial charge in [0.15, 0.2) is 5.69 Å². The molecule has 0 bridgehead atoms. The van der Waals surface area contributed by atoms with Crippen molar-refractivity contribution in [2.75, 3.05) is 11.9 Å². The van der Waals surface area contributed by atoms with Crippen molar-refractivity contribution in [1.29, 1.82) is 5.26 Å². The van der Waals surface area contributed by atoms with E-state index in [0.717, 1.165) is 33.7 Å². The zero-order valence-electron chi connectivity index (χ0n) is 18.6. The summed E-state index contributed by atoms with van der Waals surface area (Å²) in [5.74, 6) is 1.30. The van der Waals surface area contributed by atoms with Gasteiger partial charge in [0.05, 0.1) is 40.4 Å². The summed E-state index contributed by atoms with van der Waals surface area (Å²) in [5, 5.41) is 29.2. The van der Waals surface area contributed by atoms with Gasteiger partial charge in [-0.1, -0.05) is 6.07 Å². The van der Waals surface area contributed by atoms with Crippen molar-refractivity contribution < 1.29 is 5.11 Å². The molecule has 5 rings (SSSR count). The van der Waals surface area contributed by atoms with Crippen LogP contribution in [0.4, 0.5) is 11.5 Å². The molecule has 0 saturated heterocycles. The van der Waals surface area contributed by atoms with Crippen molar-refractivity contribution in [3.8, 4) is 23.1 Å². The van der Waals surface area contributed by atoms with E-state index in [4.69, 9.17) is 4.98 Å². The fourth-order valence-electron chi connectivity index (χ4n) is 3.83. The minimum atomic E-state index is -0.0258. The number of rotatable bonds is 6. The number of aromatic nitrogens is 7. The Morgan fingerprint density at radius 1 is 1.12 bits per heavy atom. The summed E-state index contributed by atoms with van der Waals surface area (Å²) in [6, 6.07) is 11.7. The number of nitrogens with one attached hydrogen (secondary N) is 2. The van der Waals surface area contributed by atoms with Crippen molar-refractivity contribution in [3.05, 3.63) is 71.7 Å². The van der Waals surface area contributed by atoms with Gasteiger partial charge in [-0.05, 0) is 50.1 Å². The van der Waals surface area contributed by atoms with E-state index in [2.05, 4.69) is 36.5 Å². The molecule has 10 nitrogen and oxygen atoms in total. The lowest BCUT2D eigenvalue weighted by Crippen LogP contribution is -2.03. The van der Waals surface area contributed by atoms with Crippen molar-refractivity contribution in [2.24, 2.45) is 0 Å². The summed E-state index contributed by atoms with van der Waals surface area (Å²) < 4.78 is 1.89. The molecule has 5 aromatic rings. The highest BCUT2D eigenvalue weighted by atomic mass is 16.2. The van der Waals surface area contributed by atoms with E-state index in [1.165, 1.54) is 0 Å². The van der Waals surface area contributed by atoms with Crippen LogP contribution < -0.4 is 5.32 Å². The maximum atomic E-state index is 9.53. The third kappa shape index (κ3) is 3.85. The zero-order valence-corrected chi connectivity index (χ0v) is 18.6. The van der Waals surface area contributed by atoms with Crippen molar-refractivity contribution in [3.63, 3.8) is 0 Å². The monoisotopic (exact) mass is 451 g/mol. The van der Waals surface area contributed by atoms with Crippen LogP contribution in [0, 0.1) is 25.2 Å². The number of anilines is 2. The molecular formula is C24H21N9O. The van der Waals surface area contributed by atoms with E-state index in [0.29, 0.717) is 29.3 Å². The van der Waals surface area contributed by atoms with Gasteiger partial charge in [0.25, 0.3) is 0 Å². The second kappa shape index (κ2) is 8.73. The number of pyridine rings is 1. The van der Waals surface area contributed by atoms with Crippen LogP contribution in [0.3, 0.4) is 0 Å². The van der Waals surface area contributed by atoms with Crippen molar-refractivity contribution >= 4 is 22.5 Å². The number of aryl methyl sites for hydroxylation is 2. The third-order valence-electron chi connectivity index (χ3n) is 5.48. The molecule has 168 valence electrons. The number of aliphatic hydroxyl groups excluding tert-OH is 1. The number of fused-ring (bicyclic) bond motifs is 1. The van der Waals surface area contributed by atoms with Crippen LogP contribution in [-0.4, -0.2) is 46.4 Å². The number of benzene rings is 1. The van der Waals surface area contributed by atoms with Gasteiger partial charge in [-0.25, -0.2) is 15.0 Å². The first kappa shape index (κ1) is 21.2. The van der Waals surface area contributed by atoms with Gasteiger partial charge in [0.1, 0.15) is 24.0 Å². The van der Waals surface area contributed by atoms with Crippen LogP contribution in [0.15, 0.2) is 49.1 Å². The zero-order chi connectivity index (χ0) is 23.7. The molecule has 3 N–H and O–H groups in total. The SMILES string of the molecule is Cc1cnc(Nc2ccc3c(c2)ncn3-c2ccc(CCO)c(-c3c(C#N)n[nH]c3C)n2)cn1. The van der Waals surface area contributed by atoms with Crippen LogP contribution >= 0.6 is 0 Å². The molecule has 0 fully saturated rings. The van der Waals surface area contributed by atoms with Gasteiger partial charge in [0, 0.05) is 18.0 Å². The van der Waals surface area contributed by atoms with Crippen LogP contribution in [0.5, 0.6) is 0 Å². The number of hydrogen-bond acceptors (Lipinski definition) is 8. The van der Waals surface area contributed by atoms with E-state index in [1.807, 2.05) is 48.7 Å². The molecule has 0 amide bonds. The first-order valence-corrected chi connectivity index (χ1v) is 10.7. The molecule has 4 heterocycles. The Morgan fingerprint density at radius 3 is 2.76 bits per heavy atom. The van der Waals surface area contributed by atoms with Crippen LogP contribution in [0.2, 0.25) is 0 Å². The smallest absolute Gasteiger partial charge is 0.171 e. The number of hydrogen-bond donors (Lipinski definition) is 3. The average molecular weight is 451 g/mol.